The van der Waals surface area contributed by atoms with E-state index in [1.165, 1.54) is 0 Å². The van der Waals surface area contributed by atoms with Gasteiger partial charge in [-0.1, -0.05) is 27.7 Å². The second-order valence-corrected chi connectivity index (χ2v) is 2.99. The lowest BCUT2D eigenvalue weighted by atomic mass is 10.3. The Kier molecular flexibility index (Phi) is 13.6. The maximum Gasteiger partial charge on any atom is 0.251 e. The van der Waals surface area contributed by atoms with E-state index in [2.05, 4.69) is 4.90 Å². The van der Waals surface area contributed by atoms with Gasteiger partial charge in [0, 0.05) is 26.2 Å². The standard InChI is InChI=1S/C7H14F2N2.2C2H6/c1-10-2-4-11(5-3-10)6-7(8)9;2*1-2/h7H,2-6H2,1H3;2*1-2H3. The zero-order chi connectivity index (χ0) is 12.3. The van der Waals surface area contributed by atoms with Gasteiger partial charge in [-0.2, -0.15) is 0 Å². The van der Waals surface area contributed by atoms with Gasteiger partial charge in [-0.3, -0.25) is 4.90 Å². The number of hydrogen-bond donors (Lipinski definition) is 0. The zero-order valence-electron chi connectivity index (χ0n) is 10.8. The first-order valence-electron chi connectivity index (χ1n) is 5.87. The van der Waals surface area contributed by atoms with Gasteiger partial charge in [-0.25, -0.2) is 8.78 Å². The van der Waals surface area contributed by atoms with Crippen LogP contribution in [0.2, 0.25) is 0 Å². The third-order valence-electron chi connectivity index (χ3n) is 1.99. The highest BCUT2D eigenvalue weighted by Crippen LogP contribution is 2.02. The Hall–Kier alpha value is -0.220. The molecule has 0 bridgehead atoms. The van der Waals surface area contributed by atoms with Crippen molar-refractivity contribution in [3.05, 3.63) is 0 Å². The molecule has 0 aliphatic carbocycles. The van der Waals surface area contributed by atoms with Gasteiger partial charge in [-0.05, 0) is 7.05 Å². The van der Waals surface area contributed by atoms with Gasteiger partial charge in [0.05, 0.1) is 6.54 Å². The number of piperazine rings is 1. The van der Waals surface area contributed by atoms with Gasteiger partial charge >= 0.3 is 0 Å². The van der Waals surface area contributed by atoms with E-state index in [-0.39, 0.29) is 6.54 Å². The fraction of sp³-hybridized carbons (Fsp3) is 1.00. The molecule has 0 spiro atoms. The summed E-state index contributed by atoms with van der Waals surface area (Å²) >= 11 is 0. The number of halogens is 2. The molecule has 4 heteroatoms. The molecule has 1 fully saturated rings. The molecule has 0 aromatic carbocycles. The Labute approximate surface area is 93.2 Å². The SMILES string of the molecule is CC.CC.CN1CCN(CC(F)F)CC1. The number of hydrogen-bond acceptors (Lipinski definition) is 2. The fourth-order valence-electron chi connectivity index (χ4n) is 1.23. The highest BCUT2D eigenvalue weighted by atomic mass is 19.3. The minimum Gasteiger partial charge on any atom is -0.304 e. The van der Waals surface area contributed by atoms with Crippen LogP contribution in [0.25, 0.3) is 0 Å². The lowest BCUT2D eigenvalue weighted by molar-refractivity contribution is 0.0624. The summed E-state index contributed by atoms with van der Waals surface area (Å²) in [6, 6.07) is 0. The first-order chi connectivity index (χ1) is 7.18. The quantitative estimate of drug-likeness (QED) is 0.711. The lowest BCUT2D eigenvalue weighted by Gasteiger charge is -2.31. The van der Waals surface area contributed by atoms with Crippen molar-refractivity contribution in [3.63, 3.8) is 0 Å². The summed E-state index contributed by atoms with van der Waals surface area (Å²) in [6.07, 6.45) is -2.18. The van der Waals surface area contributed by atoms with Crippen molar-refractivity contribution in [1.29, 1.82) is 0 Å². The van der Waals surface area contributed by atoms with Gasteiger partial charge in [-0.15, -0.1) is 0 Å². The van der Waals surface area contributed by atoms with Crippen LogP contribution in [-0.2, 0) is 0 Å². The van der Waals surface area contributed by atoms with Crippen LogP contribution in [0.3, 0.4) is 0 Å². The maximum atomic E-state index is 11.9. The van der Waals surface area contributed by atoms with Crippen molar-refractivity contribution in [3.8, 4) is 0 Å². The Morgan fingerprint density at radius 2 is 1.33 bits per heavy atom. The van der Waals surface area contributed by atoms with Crippen LogP contribution in [0.1, 0.15) is 27.7 Å². The van der Waals surface area contributed by atoms with Crippen molar-refractivity contribution >= 4 is 0 Å². The minimum absolute atomic E-state index is 0.0617. The molecular formula is C11H26F2N2. The Morgan fingerprint density at radius 3 is 1.67 bits per heavy atom. The molecule has 1 rings (SSSR count). The van der Waals surface area contributed by atoms with Crippen molar-refractivity contribution in [1.82, 2.24) is 9.80 Å². The minimum atomic E-state index is -2.18. The lowest BCUT2D eigenvalue weighted by Crippen LogP contribution is -2.45. The largest absolute Gasteiger partial charge is 0.304 e. The van der Waals surface area contributed by atoms with Crippen LogP contribution in [0.4, 0.5) is 8.78 Å². The molecule has 0 saturated carbocycles. The summed E-state index contributed by atoms with van der Waals surface area (Å²) < 4.78 is 23.7. The highest BCUT2D eigenvalue weighted by Gasteiger charge is 2.16. The molecular weight excluding hydrogens is 198 g/mol. The highest BCUT2D eigenvalue weighted by molar-refractivity contribution is 4.69. The van der Waals surface area contributed by atoms with Crippen LogP contribution in [0.15, 0.2) is 0 Å². The number of likely N-dealkylation sites (N-methyl/N-ethyl adjacent to an activating group) is 1. The van der Waals surface area contributed by atoms with E-state index in [4.69, 9.17) is 0 Å². The smallest absolute Gasteiger partial charge is 0.251 e. The van der Waals surface area contributed by atoms with Crippen molar-refractivity contribution < 1.29 is 8.78 Å². The number of nitrogens with zero attached hydrogens (tertiary/aromatic N) is 2. The predicted octanol–water partition coefficient (Wildman–Crippen LogP) is 2.55. The van der Waals surface area contributed by atoms with Gasteiger partial charge in [0.2, 0.25) is 0 Å². The molecule has 94 valence electrons. The Bertz CT molecular complexity index is 113. The maximum absolute atomic E-state index is 11.9. The second kappa shape index (κ2) is 11.9. The number of alkyl halides is 2. The fourth-order valence-corrected chi connectivity index (χ4v) is 1.23. The van der Waals surface area contributed by atoms with Gasteiger partial charge in [0.1, 0.15) is 0 Å². The molecule has 0 radical (unpaired) electrons. The monoisotopic (exact) mass is 224 g/mol. The molecule has 1 heterocycles. The van der Waals surface area contributed by atoms with E-state index in [0.29, 0.717) is 0 Å². The van der Waals surface area contributed by atoms with Gasteiger partial charge < -0.3 is 4.90 Å². The van der Waals surface area contributed by atoms with E-state index in [9.17, 15) is 8.78 Å². The summed E-state index contributed by atoms with van der Waals surface area (Å²) in [5, 5.41) is 0. The molecule has 0 aromatic rings. The van der Waals surface area contributed by atoms with Crippen LogP contribution in [0, 0.1) is 0 Å². The van der Waals surface area contributed by atoms with Gasteiger partial charge in [0.15, 0.2) is 0 Å². The molecule has 0 amide bonds. The molecule has 0 unspecified atom stereocenters. The van der Waals surface area contributed by atoms with Crippen molar-refractivity contribution in [2.45, 2.75) is 34.1 Å². The molecule has 1 saturated heterocycles. The van der Waals surface area contributed by atoms with E-state index >= 15 is 0 Å². The van der Waals surface area contributed by atoms with E-state index in [1.807, 2.05) is 39.6 Å². The molecule has 0 atom stereocenters. The van der Waals surface area contributed by atoms with Crippen molar-refractivity contribution in [2.24, 2.45) is 0 Å². The third-order valence-corrected chi connectivity index (χ3v) is 1.99. The molecule has 0 N–H and O–H groups in total. The van der Waals surface area contributed by atoms with Crippen LogP contribution in [0.5, 0.6) is 0 Å². The van der Waals surface area contributed by atoms with E-state index in [0.717, 1.165) is 26.2 Å². The average molecular weight is 224 g/mol. The van der Waals surface area contributed by atoms with Gasteiger partial charge in [0.25, 0.3) is 6.43 Å². The van der Waals surface area contributed by atoms with E-state index in [1.54, 1.807) is 0 Å². The third kappa shape index (κ3) is 10.1. The zero-order valence-corrected chi connectivity index (χ0v) is 10.8. The molecule has 1 aliphatic heterocycles. The average Bonchev–Trinajstić information content (AvgIpc) is 2.27. The van der Waals surface area contributed by atoms with Crippen LogP contribution >= 0.6 is 0 Å². The molecule has 15 heavy (non-hydrogen) atoms. The normalized spacial score (nSPS) is 17.6. The van der Waals surface area contributed by atoms with E-state index < -0.39 is 6.43 Å². The second-order valence-electron chi connectivity index (χ2n) is 2.99. The summed E-state index contributed by atoms with van der Waals surface area (Å²) in [5.41, 5.74) is 0. The number of rotatable bonds is 2. The molecule has 0 aromatic heterocycles. The summed E-state index contributed by atoms with van der Waals surface area (Å²) in [6.45, 7) is 11.3. The summed E-state index contributed by atoms with van der Waals surface area (Å²) in [4.78, 5) is 3.96. The summed E-state index contributed by atoms with van der Waals surface area (Å²) in [7, 11) is 2.01. The molecule has 2 nitrogen and oxygen atoms in total. The topological polar surface area (TPSA) is 6.48 Å². The van der Waals surface area contributed by atoms with Crippen molar-refractivity contribution in [2.75, 3.05) is 39.8 Å². The molecule has 1 aliphatic rings. The first kappa shape index (κ1) is 17.2. The Balaban J connectivity index is 0. The van der Waals surface area contributed by atoms with Crippen LogP contribution < -0.4 is 0 Å². The van der Waals surface area contributed by atoms with Crippen LogP contribution in [-0.4, -0.2) is 56.0 Å². The predicted molar refractivity (Wildman–Crippen MR) is 62.6 cm³/mol. The first-order valence-corrected chi connectivity index (χ1v) is 5.87. The Morgan fingerprint density at radius 1 is 0.933 bits per heavy atom. The summed E-state index contributed by atoms with van der Waals surface area (Å²) in [5.74, 6) is 0.